The first kappa shape index (κ1) is 15.9. The van der Waals surface area contributed by atoms with E-state index >= 15 is 0 Å². The Hall–Kier alpha value is -2.96. The number of amides is 1. The summed E-state index contributed by atoms with van der Waals surface area (Å²) in [6.07, 6.45) is 3.78. The van der Waals surface area contributed by atoms with Gasteiger partial charge in [-0.3, -0.25) is 19.9 Å². The fourth-order valence-corrected chi connectivity index (χ4v) is 2.82. The summed E-state index contributed by atoms with van der Waals surface area (Å²) < 4.78 is 0. The highest BCUT2D eigenvalue weighted by molar-refractivity contribution is 6.00. The lowest BCUT2D eigenvalue weighted by molar-refractivity contribution is -0.384. The van der Waals surface area contributed by atoms with E-state index in [0.717, 1.165) is 37.3 Å². The number of carbonyl (C=O) groups is 1. The zero-order chi connectivity index (χ0) is 16.9. The minimum atomic E-state index is -0.483. The normalized spacial score (nSPS) is 13.8. The van der Waals surface area contributed by atoms with Crippen molar-refractivity contribution in [2.75, 3.05) is 18.0 Å². The molecule has 1 aromatic carbocycles. The van der Waals surface area contributed by atoms with E-state index in [0.29, 0.717) is 5.56 Å². The summed E-state index contributed by atoms with van der Waals surface area (Å²) >= 11 is 0. The van der Waals surface area contributed by atoms with E-state index < -0.39 is 4.92 Å². The molecule has 2 heterocycles. The van der Waals surface area contributed by atoms with Crippen molar-refractivity contribution >= 4 is 17.3 Å². The molecule has 0 bridgehead atoms. The second-order valence-corrected chi connectivity index (χ2v) is 5.66. The molecule has 7 heteroatoms. The van der Waals surface area contributed by atoms with Crippen LogP contribution in [0.15, 0.2) is 42.6 Å². The van der Waals surface area contributed by atoms with Crippen LogP contribution in [0.4, 0.5) is 11.4 Å². The zero-order valence-electron chi connectivity index (χ0n) is 13.1. The van der Waals surface area contributed by atoms with Gasteiger partial charge in [0.15, 0.2) is 0 Å². The third kappa shape index (κ3) is 3.51. The van der Waals surface area contributed by atoms with E-state index in [1.165, 1.54) is 12.1 Å². The standard InChI is InChI=1S/C17H18N4O3/c22-17(19-12-13-5-1-2-8-18-13)15-11-14(21(23)24)6-7-16(15)20-9-3-4-10-20/h1-2,5-8,11H,3-4,9-10,12H2,(H,19,22). The van der Waals surface area contributed by atoms with Crippen LogP contribution in [0.5, 0.6) is 0 Å². The van der Waals surface area contributed by atoms with E-state index in [1.807, 2.05) is 12.1 Å². The second kappa shape index (κ2) is 7.08. The maximum atomic E-state index is 12.6. The van der Waals surface area contributed by atoms with Gasteiger partial charge in [-0.05, 0) is 31.0 Å². The molecule has 0 aliphatic carbocycles. The third-order valence-electron chi connectivity index (χ3n) is 4.04. The molecule has 1 aliphatic heterocycles. The number of aromatic nitrogens is 1. The molecule has 1 amide bonds. The fourth-order valence-electron chi connectivity index (χ4n) is 2.82. The van der Waals surface area contributed by atoms with Gasteiger partial charge < -0.3 is 10.2 Å². The van der Waals surface area contributed by atoms with Gasteiger partial charge in [-0.15, -0.1) is 0 Å². The summed E-state index contributed by atoms with van der Waals surface area (Å²) in [7, 11) is 0. The number of nitrogens with one attached hydrogen (secondary N) is 1. The smallest absolute Gasteiger partial charge is 0.270 e. The summed E-state index contributed by atoms with van der Waals surface area (Å²) in [6.45, 7) is 2.00. The van der Waals surface area contributed by atoms with Gasteiger partial charge in [-0.1, -0.05) is 6.07 Å². The Labute approximate surface area is 139 Å². The van der Waals surface area contributed by atoms with Crippen molar-refractivity contribution < 1.29 is 9.72 Å². The molecule has 1 aliphatic rings. The number of benzene rings is 1. The fraction of sp³-hybridized carbons (Fsp3) is 0.294. The Morgan fingerprint density at radius 3 is 2.71 bits per heavy atom. The van der Waals surface area contributed by atoms with Crippen molar-refractivity contribution in [3.8, 4) is 0 Å². The lowest BCUT2D eigenvalue weighted by Crippen LogP contribution is -2.27. The van der Waals surface area contributed by atoms with Crippen LogP contribution in [0.3, 0.4) is 0 Å². The van der Waals surface area contributed by atoms with E-state index in [1.54, 1.807) is 18.3 Å². The number of hydrogen-bond acceptors (Lipinski definition) is 5. The van der Waals surface area contributed by atoms with Gasteiger partial charge in [0.1, 0.15) is 0 Å². The van der Waals surface area contributed by atoms with Gasteiger partial charge in [0.05, 0.1) is 28.4 Å². The van der Waals surface area contributed by atoms with E-state index in [-0.39, 0.29) is 18.1 Å². The summed E-state index contributed by atoms with van der Waals surface area (Å²) in [6, 6.07) is 9.92. The molecule has 0 spiro atoms. The van der Waals surface area contributed by atoms with Crippen molar-refractivity contribution in [3.63, 3.8) is 0 Å². The molecule has 1 N–H and O–H groups in total. The molecule has 0 saturated carbocycles. The first-order valence-corrected chi connectivity index (χ1v) is 7.86. The van der Waals surface area contributed by atoms with Crippen LogP contribution in [0.2, 0.25) is 0 Å². The molecule has 0 radical (unpaired) electrons. The molecule has 7 nitrogen and oxygen atoms in total. The molecule has 124 valence electrons. The van der Waals surface area contributed by atoms with Crippen LogP contribution < -0.4 is 10.2 Å². The van der Waals surface area contributed by atoms with Crippen LogP contribution >= 0.6 is 0 Å². The number of rotatable bonds is 5. The van der Waals surface area contributed by atoms with Crippen LogP contribution in [-0.4, -0.2) is 28.9 Å². The van der Waals surface area contributed by atoms with Crippen molar-refractivity contribution in [1.82, 2.24) is 10.3 Å². The minimum Gasteiger partial charge on any atom is -0.371 e. The molecule has 1 saturated heterocycles. The Morgan fingerprint density at radius 2 is 2.04 bits per heavy atom. The van der Waals surface area contributed by atoms with Crippen LogP contribution in [0, 0.1) is 10.1 Å². The van der Waals surface area contributed by atoms with Crippen LogP contribution in [0.25, 0.3) is 0 Å². The maximum Gasteiger partial charge on any atom is 0.270 e. The highest BCUT2D eigenvalue weighted by atomic mass is 16.6. The Bertz CT molecular complexity index is 743. The minimum absolute atomic E-state index is 0.0825. The number of nitrogens with zero attached hydrogens (tertiary/aromatic N) is 3. The van der Waals surface area contributed by atoms with Gasteiger partial charge in [0.2, 0.25) is 0 Å². The number of hydrogen-bond donors (Lipinski definition) is 1. The summed E-state index contributed by atoms with van der Waals surface area (Å²) in [4.78, 5) is 29.4. The Kier molecular flexibility index (Phi) is 4.69. The topological polar surface area (TPSA) is 88.4 Å². The van der Waals surface area contributed by atoms with Gasteiger partial charge >= 0.3 is 0 Å². The van der Waals surface area contributed by atoms with Crippen LogP contribution in [0.1, 0.15) is 28.9 Å². The number of nitro groups is 1. The lowest BCUT2D eigenvalue weighted by Gasteiger charge is -2.20. The largest absolute Gasteiger partial charge is 0.371 e. The van der Waals surface area contributed by atoms with E-state index in [9.17, 15) is 14.9 Å². The highest BCUT2D eigenvalue weighted by Crippen LogP contribution is 2.28. The van der Waals surface area contributed by atoms with Gasteiger partial charge in [-0.25, -0.2) is 0 Å². The van der Waals surface area contributed by atoms with E-state index in [4.69, 9.17) is 0 Å². The quantitative estimate of drug-likeness (QED) is 0.674. The average Bonchev–Trinajstić information content (AvgIpc) is 3.14. The maximum absolute atomic E-state index is 12.6. The summed E-state index contributed by atoms with van der Waals surface area (Å²) in [5.41, 5.74) is 1.73. The molecule has 1 aromatic heterocycles. The van der Waals surface area contributed by atoms with Crippen molar-refractivity contribution in [2.24, 2.45) is 0 Å². The first-order valence-electron chi connectivity index (χ1n) is 7.86. The Morgan fingerprint density at radius 1 is 1.25 bits per heavy atom. The third-order valence-corrected chi connectivity index (χ3v) is 4.04. The summed E-state index contributed by atoms with van der Waals surface area (Å²) in [5, 5.41) is 13.8. The molecular weight excluding hydrogens is 308 g/mol. The molecule has 24 heavy (non-hydrogen) atoms. The molecule has 0 atom stereocenters. The monoisotopic (exact) mass is 326 g/mol. The highest BCUT2D eigenvalue weighted by Gasteiger charge is 2.22. The zero-order valence-corrected chi connectivity index (χ0v) is 13.1. The van der Waals surface area contributed by atoms with E-state index in [2.05, 4.69) is 15.2 Å². The number of carbonyl (C=O) groups excluding carboxylic acids is 1. The predicted molar refractivity (Wildman–Crippen MR) is 90.0 cm³/mol. The van der Waals surface area contributed by atoms with Crippen molar-refractivity contribution in [1.29, 1.82) is 0 Å². The average molecular weight is 326 g/mol. The predicted octanol–water partition coefficient (Wildman–Crippen LogP) is 2.52. The van der Waals surface area contributed by atoms with Crippen LogP contribution in [-0.2, 0) is 6.54 Å². The molecule has 0 unspecified atom stereocenters. The van der Waals surface area contributed by atoms with Crippen molar-refractivity contribution in [3.05, 3.63) is 64.0 Å². The van der Waals surface area contributed by atoms with Gasteiger partial charge in [0.25, 0.3) is 11.6 Å². The SMILES string of the molecule is O=C(NCc1ccccn1)c1cc([N+](=O)[O-])ccc1N1CCCC1. The summed E-state index contributed by atoms with van der Waals surface area (Å²) in [5.74, 6) is -0.328. The molecule has 3 rings (SSSR count). The molecule has 1 fully saturated rings. The van der Waals surface area contributed by atoms with Crippen molar-refractivity contribution in [2.45, 2.75) is 19.4 Å². The van der Waals surface area contributed by atoms with Gasteiger partial charge in [-0.2, -0.15) is 0 Å². The number of non-ortho nitro benzene ring substituents is 1. The lowest BCUT2D eigenvalue weighted by atomic mass is 10.1. The van der Waals surface area contributed by atoms with Gasteiger partial charge in [0, 0.05) is 31.4 Å². The number of nitro benzene ring substituents is 1. The molecule has 2 aromatic rings. The Balaban J connectivity index is 1.84. The first-order chi connectivity index (χ1) is 11.6. The second-order valence-electron chi connectivity index (χ2n) is 5.66. The number of pyridine rings is 1. The number of anilines is 1. The molecular formula is C17H18N4O3.